The lowest BCUT2D eigenvalue weighted by Gasteiger charge is -2.28. The Morgan fingerprint density at radius 2 is 1.80 bits per heavy atom. The summed E-state index contributed by atoms with van der Waals surface area (Å²) in [6, 6.07) is 25.2. The van der Waals surface area contributed by atoms with Gasteiger partial charge in [-0.2, -0.15) is 0 Å². The van der Waals surface area contributed by atoms with Gasteiger partial charge in [0, 0.05) is 35.4 Å². The minimum atomic E-state index is -0.642. The molecule has 0 bridgehead atoms. The summed E-state index contributed by atoms with van der Waals surface area (Å²) in [5, 5.41) is 4.09. The number of carbonyl (C=O) groups excluding carboxylic acids is 2. The summed E-state index contributed by atoms with van der Waals surface area (Å²) in [7, 11) is 0. The zero-order chi connectivity index (χ0) is 31.6. The Bertz CT molecular complexity index is 1580. The molecule has 9 heteroatoms. The molecule has 0 aliphatic carbocycles. The van der Waals surface area contributed by atoms with Gasteiger partial charge in [-0.3, -0.25) is 9.69 Å². The van der Waals surface area contributed by atoms with Crippen LogP contribution in [0.4, 0.5) is 4.79 Å². The maximum Gasteiger partial charge on any atom is 0.410 e. The number of nitrogens with one attached hydrogen (secondary N) is 1. The number of amides is 2. The topological polar surface area (TPSA) is 86.3 Å². The van der Waals surface area contributed by atoms with Crippen LogP contribution in [0.25, 0.3) is 16.8 Å². The maximum absolute atomic E-state index is 13.4. The number of hydrogen-bond acceptors (Lipinski definition) is 7. The zero-order valence-electron chi connectivity index (χ0n) is 26.0. The second kappa shape index (κ2) is 15.2. The quantitative estimate of drug-likeness (QED) is 0.170. The van der Waals surface area contributed by atoms with E-state index in [0.29, 0.717) is 18.7 Å². The van der Waals surface area contributed by atoms with E-state index in [1.165, 1.54) is 0 Å². The van der Waals surface area contributed by atoms with Gasteiger partial charge in [0.15, 0.2) is 6.29 Å². The largest absolute Gasteiger partial charge is 0.489 e. The average Bonchev–Trinajstić information content (AvgIpc) is 3.55. The molecule has 5 rings (SSSR count). The molecule has 1 aliphatic heterocycles. The van der Waals surface area contributed by atoms with E-state index in [0.717, 1.165) is 51.8 Å². The van der Waals surface area contributed by atoms with Crippen molar-refractivity contribution in [2.24, 2.45) is 0 Å². The molecule has 3 aromatic carbocycles. The van der Waals surface area contributed by atoms with Crippen molar-refractivity contribution in [3.05, 3.63) is 106 Å². The molecule has 45 heavy (non-hydrogen) atoms. The third-order valence-corrected chi connectivity index (χ3v) is 7.96. The fourth-order valence-corrected chi connectivity index (χ4v) is 5.64. The van der Waals surface area contributed by atoms with E-state index in [-0.39, 0.29) is 19.1 Å². The molecule has 2 heterocycles. The van der Waals surface area contributed by atoms with Gasteiger partial charge in [0.2, 0.25) is 0 Å². The van der Waals surface area contributed by atoms with Gasteiger partial charge >= 0.3 is 6.09 Å². The van der Waals surface area contributed by atoms with Crippen LogP contribution in [0.2, 0.25) is 0 Å². The van der Waals surface area contributed by atoms with Crippen molar-refractivity contribution in [3.8, 4) is 5.75 Å². The Kier molecular flexibility index (Phi) is 10.9. The van der Waals surface area contributed by atoms with E-state index >= 15 is 0 Å². The molecular weight excluding hydrogens is 588 g/mol. The van der Waals surface area contributed by atoms with E-state index < -0.39 is 18.0 Å². The Balaban J connectivity index is 1.37. The monoisotopic (exact) mass is 628 g/mol. The molecule has 8 nitrogen and oxygen atoms in total. The number of hydrogen-bond donors (Lipinski definition) is 1. The molecule has 1 unspecified atom stereocenters. The summed E-state index contributed by atoms with van der Waals surface area (Å²) in [6.07, 6.45) is 3.93. The second-order valence-corrected chi connectivity index (χ2v) is 13.0. The van der Waals surface area contributed by atoms with E-state index in [4.69, 9.17) is 19.0 Å². The fourth-order valence-electron chi connectivity index (χ4n) is 4.92. The van der Waals surface area contributed by atoms with Gasteiger partial charge in [-0.15, -0.1) is 11.3 Å². The second-order valence-electron chi connectivity index (χ2n) is 12.0. The molecule has 1 N–H and O–H groups in total. The summed E-state index contributed by atoms with van der Waals surface area (Å²) in [5.41, 5.74) is 4.05. The third kappa shape index (κ3) is 9.65. The van der Waals surface area contributed by atoms with E-state index in [1.807, 2.05) is 86.8 Å². The van der Waals surface area contributed by atoms with Crippen molar-refractivity contribution in [2.45, 2.75) is 58.5 Å². The zero-order valence-corrected chi connectivity index (χ0v) is 26.8. The molecular formula is C36H40N2O6S. The number of hydroxylamine groups is 1. The SMILES string of the molecule is CC(C)(C)OC(=O)N(CC(=Cc1ccc(C(=O)NOC2CCCCO2)cc1)COc1cccc2ccccc12)Cc1cccs1. The number of carbonyl (C=O) groups is 2. The Labute approximate surface area is 268 Å². The van der Waals surface area contributed by atoms with Crippen LogP contribution >= 0.6 is 11.3 Å². The van der Waals surface area contributed by atoms with Crippen LogP contribution in [-0.4, -0.2) is 48.5 Å². The van der Waals surface area contributed by atoms with Crippen LogP contribution < -0.4 is 10.2 Å². The molecule has 0 spiro atoms. The predicted octanol–water partition coefficient (Wildman–Crippen LogP) is 7.99. The van der Waals surface area contributed by atoms with Crippen molar-refractivity contribution >= 4 is 40.2 Å². The number of nitrogens with zero attached hydrogens (tertiary/aromatic N) is 1. The first kappa shape index (κ1) is 32.2. The Morgan fingerprint density at radius 1 is 1.00 bits per heavy atom. The molecule has 1 fully saturated rings. The summed E-state index contributed by atoms with van der Waals surface area (Å²) in [5.74, 6) is 0.418. The first-order valence-corrected chi connectivity index (χ1v) is 16.1. The van der Waals surface area contributed by atoms with Gasteiger partial charge in [-0.1, -0.05) is 60.7 Å². The first-order chi connectivity index (χ1) is 21.7. The molecule has 1 atom stereocenters. The molecule has 1 aromatic heterocycles. The van der Waals surface area contributed by atoms with Crippen molar-refractivity contribution in [3.63, 3.8) is 0 Å². The highest BCUT2D eigenvalue weighted by Gasteiger charge is 2.24. The summed E-state index contributed by atoms with van der Waals surface area (Å²) in [6.45, 7) is 7.15. The molecule has 0 saturated carbocycles. The highest BCUT2D eigenvalue weighted by Crippen LogP contribution is 2.26. The lowest BCUT2D eigenvalue weighted by Crippen LogP contribution is -2.38. The van der Waals surface area contributed by atoms with Gasteiger partial charge in [0.1, 0.15) is 18.0 Å². The highest BCUT2D eigenvalue weighted by molar-refractivity contribution is 7.09. The molecule has 0 radical (unpaired) electrons. The predicted molar refractivity (Wildman–Crippen MR) is 177 cm³/mol. The molecule has 1 aliphatic rings. The summed E-state index contributed by atoms with van der Waals surface area (Å²) in [4.78, 5) is 34.3. The van der Waals surface area contributed by atoms with Crippen LogP contribution in [0.15, 0.2) is 89.8 Å². The normalized spacial score (nSPS) is 15.4. The summed E-state index contributed by atoms with van der Waals surface area (Å²) < 4.78 is 17.7. The number of fused-ring (bicyclic) bond motifs is 1. The van der Waals surface area contributed by atoms with Gasteiger partial charge in [-0.05, 0) is 79.8 Å². The van der Waals surface area contributed by atoms with Crippen molar-refractivity contribution in [1.82, 2.24) is 10.4 Å². The van der Waals surface area contributed by atoms with Gasteiger partial charge in [-0.25, -0.2) is 15.1 Å². The minimum absolute atomic E-state index is 0.245. The van der Waals surface area contributed by atoms with Gasteiger partial charge in [0.25, 0.3) is 5.91 Å². The highest BCUT2D eigenvalue weighted by atomic mass is 32.1. The first-order valence-electron chi connectivity index (χ1n) is 15.2. The molecule has 236 valence electrons. The number of ether oxygens (including phenoxy) is 3. The van der Waals surface area contributed by atoms with Crippen molar-refractivity contribution in [2.75, 3.05) is 19.8 Å². The smallest absolute Gasteiger partial charge is 0.410 e. The van der Waals surface area contributed by atoms with Gasteiger partial charge < -0.3 is 14.2 Å². The average molecular weight is 629 g/mol. The lowest BCUT2D eigenvalue weighted by atomic mass is 10.1. The van der Waals surface area contributed by atoms with E-state index in [2.05, 4.69) is 17.6 Å². The lowest BCUT2D eigenvalue weighted by molar-refractivity contribution is -0.186. The third-order valence-electron chi connectivity index (χ3n) is 7.10. The Hall–Kier alpha value is -4.18. The maximum atomic E-state index is 13.4. The number of thiophene rings is 1. The van der Waals surface area contributed by atoms with Crippen LogP contribution in [-0.2, 0) is 20.9 Å². The van der Waals surface area contributed by atoms with Gasteiger partial charge in [0.05, 0.1) is 6.54 Å². The molecule has 2 amide bonds. The Morgan fingerprint density at radius 3 is 2.53 bits per heavy atom. The van der Waals surface area contributed by atoms with Crippen LogP contribution in [0.3, 0.4) is 0 Å². The standard InChI is InChI=1S/C36H40N2O6S/c1-36(2,3)43-35(40)38(24-30-12-9-21-45-30)23-27(25-42-32-14-8-11-28-10-4-5-13-31(28)32)22-26-16-18-29(19-17-26)34(39)37-44-33-15-6-7-20-41-33/h4-5,8-14,16-19,21-22,33H,6-7,15,20,23-25H2,1-3H3,(H,37,39). The number of benzene rings is 3. The van der Waals surface area contributed by atoms with E-state index in [9.17, 15) is 9.59 Å². The molecule has 4 aromatic rings. The van der Waals surface area contributed by atoms with Crippen LogP contribution in [0.5, 0.6) is 5.75 Å². The molecule has 1 saturated heterocycles. The van der Waals surface area contributed by atoms with Crippen molar-refractivity contribution in [1.29, 1.82) is 0 Å². The van der Waals surface area contributed by atoms with Crippen LogP contribution in [0.1, 0.15) is 60.8 Å². The summed E-state index contributed by atoms with van der Waals surface area (Å²) >= 11 is 1.59. The minimum Gasteiger partial charge on any atom is -0.489 e. The van der Waals surface area contributed by atoms with Crippen molar-refractivity contribution < 1.29 is 28.6 Å². The fraction of sp³-hybridized carbons (Fsp3) is 0.333. The number of rotatable bonds is 11. The van der Waals surface area contributed by atoms with Crippen LogP contribution in [0, 0.1) is 0 Å². The van der Waals surface area contributed by atoms with E-state index in [1.54, 1.807) is 28.4 Å².